The van der Waals surface area contributed by atoms with Gasteiger partial charge in [0.25, 0.3) is 5.91 Å². The Morgan fingerprint density at radius 2 is 1.91 bits per heavy atom. The maximum atomic E-state index is 13.5. The average Bonchev–Trinajstić information content (AvgIpc) is 3.53. The molecule has 3 atom stereocenters. The Bertz CT molecular complexity index is 944. The Hall–Kier alpha value is -2.74. The minimum atomic E-state index is -0.520. The molecule has 182 valence electrons. The van der Waals surface area contributed by atoms with Crippen LogP contribution in [0.25, 0.3) is 0 Å². The molecule has 0 spiro atoms. The number of likely N-dealkylation sites (tertiary alicyclic amines) is 1. The summed E-state index contributed by atoms with van der Waals surface area (Å²) in [6.07, 6.45) is 2.91. The molecule has 2 aromatic rings. The zero-order valence-electron chi connectivity index (χ0n) is 20.0. The van der Waals surface area contributed by atoms with E-state index in [1.54, 1.807) is 4.90 Å². The van der Waals surface area contributed by atoms with E-state index < -0.39 is 6.04 Å². The molecule has 34 heavy (non-hydrogen) atoms. The fraction of sp³-hybridized carbons (Fsp3) is 0.481. The van der Waals surface area contributed by atoms with Gasteiger partial charge in [-0.15, -0.1) is 0 Å². The van der Waals surface area contributed by atoms with E-state index in [9.17, 15) is 9.59 Å². The molecule has 2 aromatic carbocycles. The molecule has 0 aromatic heterocycles. The molecule has 4 rings (SSSR count). The van der Waals surface area contributed by atoms with Gasteiger partial charge in [0.05, 0.1) is 6.10 Å². The molecular weight excluding hydrogens is 428 g/mol. The number of hydrogen-bond acceptors (Lipinski definition) is 5. The van der Waals surface area contributed by atoms with Crippen LogP contribution in [0.2, 0.25) is 0 Å². The van der Waals surface area contributed by atoms with Gasteiger partial charge in [0, 0.05) is 50.9 Å². The normalized spacial score (nSPS) is 22.3. The van der Waals surface area contributed by atoms with E-state index in [-0.39, 0.29) is 24.0 Å². The third kappa shape index (κ3) is 6.03. The van der Waals surface area contributed by atoms with Crippen molar-refractivity contribution >= 4 is 11.8 Å². The van der Waals surface area contributed by atoms with E-state index in [0.29, 0.717) is 31.6 Å². The van der Waals surface area contributed by atoms with Gasteiger partial charge in [-0.1, -0.05) is 48.0 Å². The van der Waals surface area contributed by atoms with Gasteiger partial charge in [0.15, 0.2) is 0 Å². The van der Waals surface area contributed by atoms with Crippen molar-refractivity contribution in [3.63, 3.8) is 0 Å². The number of nitrogens with two attached hydrogens (primary N) is 1. The number of nitrogens with zero attached hydrogens (tertiary/aromatic N) is 2. The number of rotatable bonds is 9. The molecule has 2 aliphatic rings. The first-order valence-corrected chi connectivity index (χ1v) is 12.3. The highest BCUT2D eigenvalue weighted by molar-refractivity contribution is 5.98. The zero-order valence-corrected chi connectivity index (χ0v) is 20.0. The molecular formula is C27H36N4O3. The number of carbonyl (C=O) groups is 2. The summed E-state index contributed by atoms with van der Waals surface area (Å²) in [6.45, 7) is 5.63. The van der Waals surface area contributed by atoms with Crippen LogP contribution in [0.4, 0.5) is 0 Å². The lowest BCUT2D eigenvalue weighted by atomic mass is 10.1. The average molecular weight is 465 g/mol. The van der Waals surface area contributed by atoms with Crippen molar-refractivity contribution in [1.82, 2.24) is 15.1 Å². The standard InChI is InChI=1S/C27H36N4O3/c1-20-9-11-22(12-10-20)27(33)31-18-23(16-25(31)26(32)29-14-13-28)30(19-24-8-5-15-34-24)17-21-6-3-2-4-7-21/h2-4,6-7,9-12,23-25H,5,8,13-19,28H2,1H3,(H,29,32). The summed E-state index contributed by atoms with van der Waals surface area (Å²) >= 11 is 0. The van der Waals surface area contributed by atoms with E-state index in [1.165, 1.54) is 5.56 Å². The molecule has 0 saturated carbocycles. The van der Waals surface area contributed by atoms with E-state index in [1.807, 2.05) is 49.4 Å². The molecule has 0 radical (unpaired) electrons. The van der Waals surface area contributed by atoms with Crippen LogP contribution in [0.3, 0.4) is 0 Å². The lowest BCUT2D eigenvalue weighted by Gasteiger charge is -2.31. The monoisotopic (exact) mass is 464 g/mol. The smallest absolute Gasteiger partial charge is 0.254 e. The fourth-order valence-electron chi connectivity index (χ4n) is 4.94. The van der Waals surface area contributed by atoms with Gasteiger partial charge in [0.1, 0.15) is 6.04 Å². The number of carbonyl (C=O) groups excluding carboxylic acids is 2. The van der Waals surface area contributed by atoms with Crippen molar-refractivity contribution in [3.8, 4) is 0 Å². The molecule has 2 fully saturated rings. The lowest BCUT2D eigenvalue weighted by molar-refractivity contribution is -0.124. The second kappa shape index (κ2) is 11.6. The van der Waals surface area contributed by atoms with Crippen molar-refractivity contribution < 1.29 is 14.3 Å². The van der Waals surface area contributed by atoms with Crippen LogP contribution in [0.5, 0.6) is 0 Å². The first-order chi connectivity index (χ1) is 16.5. The van der Waals surface area contributed by atoms with Crippen molar-refractivity contribution in [2.45, 2.75) is 50.9 Å². The van der Waals surface area contributed by atoms with Crippen molar-refractivity contribution in [3.05, 3.63) is 71.3 Å². The minimum absolute atomic E-state index is 0.0624. The molecule has 3 unspecified atom stereocenters. The molecule has 0 bridgehead atoms. The molecule has 2 heterocycles. The van der Waals surface area contributed by atoms with E-state index in [4.69, 9.17) is 10.5 Å². The summed E-state index contributed by atoms with van der Waals surface area (Å²) in [5.74, 6) is -0.239. The molecule has 2 saturated heterocycles. The largest absolute Gasteiger partial charge is 0.377 e. The van der Waals surface area contributed by atoms with Crippen LogP contribution in [0, 0.1) is 6.92 Å². The number of amides is 2. The fourth-order valence-corrected chi connectivity index (χ4v) is 4.94. The number of nitrogens with one attached hydrogen (secondary N) is 1. The Morgan fingerprint density at radius 3 is 2.59 bits per heavy atom. The lowest BCUT2D eigenvalue weighted by Crippen LogP contribution is -2.47. The minimum Gasteiger partial charge on any atom is -0.377 e. The van der Waals surface area contributed by atoms with Gasteiger partial charge in [-0.3, -0.25) is 14.5 Å². The number of aryl methyl sites for hydroxylation is 1. The Balaban J connectivity index is 1.57. The molecule has 2 aliphatic heterocycles. The maximum Gasteiger partial charge on any atom is 0.254 e. The number of hydrogen-bond donors (Lipinski definition) is 2. The highest BCUT2D eigenvalue weighted by Crippen LogP contribution is 2.27. The maximum absolute atomic E-state index is 13.5. The zero-order chi connectivity index (χ0) is 23.9. The second-order valence-corrected chi connectivity index (χ2v) is 9.36. The molecule has 0 aliphatic carbocycles. The highest BCUT2D eigenvalue weighted by atomic mass is 16.5. The molecule has 7 heteroatoms. The van der Waals surface area contributed by atoms with Crippen molar-refractivity contribution in [2.24, 2.45) is 5.73 Å². The number of benzene rings is 2. The predicted molar refractivity (Wildman–Crippen MR) is 132 cm³/mol. The van der Waals surface area contributed by atoms with Gasteiger partial charge in [-0.2, -0.15) is 0 Å². The van der Waals surface area contributed by atoms with Crippen molar-refractivity contribution in [2.75, 3.05) is 32.8 Å². The van der Waals surface area contributed by atoms with Crippen LogP contribution in [-0.2, 0) is 16.1 Å². The third-order valence-corrected chi connectivity index (χ3v) is 6.79. The first-order valence-electron chi connectivity index (χ1n) is 12.3. The third-order valence-electron chi connectivity index (χ3n) is 6.79. The van der Waals surface area contributed by atoms with Crippen LogP contribution in [0.1, 0.15) is 40.7 Å². The van der Waals surface area contributed by atoms with Gasteiger partial charge in [0.2, 0.25) is 5.91 Å². The van der Waals surface area contributed by atoms with Gasteiger partial charge < -0.3 is 20.7 Å². The second-order valence-electron chi connectivity index (χ2n) is 9.36. The summed E-state index contributed by atoms with van der Waals surface area (Å²) in [7, 11) is 0. The van der Waals surface area contributed by atoms with Crippen LogP contribution in [-0.4, -0.2) is 72.6 Å². The topological polar surface area (TPSA) is 87.9 Å². The van der Waals surface area contributed by atoms with Crippen LogP contribution in [0.15, 0.2) is 54.6 Å². The summed E-state index contributed by atoms with van der Waals surface area (Å²) in [5, 5.41) is 2.90. The Labute approximate surface area is 202 Å². The van der Waals surface area contributed by atoms with E-state index >= 15 is 0 Å². The summed E-state index contributed by atoms with van der Waals surface area (Å²) < 4.78 is 5.95. The quantitative estimate of drug-likeness (QED) is 0.595. The van der Waals surface area contributed by atoms with E-state index in [2.05, 4.69) is 22.3 Å². The van der Waals surface area contributed by atoms with Crippen LogP contribution < -0.4 is 11.1 Å². The molecule has 3 N–H and O–H groups in total. The highest BCUT2D eigenvalue weighted by Gasteiger charge is 2.42. The summed E-state index contributed by atoms with van der Waals surface area (Å²) in [6, 6.07) is 17.4. The van der Waals surface area contributed by atoms with Gasteiger partial charge in [-0.05, 0) is 43.9 Å². The van der Waals surface area contributed by atoms with Crippen LogP contribution >= 0.6 is 0 Å². The number of ether oxygens (including phenoxy) is 1. The SMILES string of the molecule is Cc1ccc(C(=O)N2CC(N(Cc3ccccc3)CC3CCCO3)CC2C(=O)NCCN)cc1. The molecule has 2 amide bonds. The van der Waals surface area contributed by atoms with E-state index in [0.717, 1.165) is 38.1 Å². The summed E-state index contributed by atoms with van der Waals surface area (Å²) in [5.41, 5.74) is 8.53. The van der Waals surface area contributed by atoms with Gasteiger partial charge in [-0.25, -0.2) is 0 Å². The first kappa shape index (κ1) is 24.4. The Morgan fingerprint density at radius 1 is 1.15 bits per heavy atom. The summed E-state index contributed by atoms with van der Waals surface area (Å²) in [4.78, 5) is 30.7. The Kier molecular flexibility index (Phi) is 8.32. The molecule has 7 nitrogen and oxygen atoms in total. The predicted octanol–water partition coefficient (Wildman–Crippen LogP) is 2.33. The van der Waals surface area contributed by atoms with Crippen molar-refractivity contribution in [1.29, 1.82) is 0 Å². The van der Waals surface area contributed by atoms with Gasteiger partial charge >= 0.3 is 0 Å².